The van der Waals surface area contributed by atoms with Crippen molar-refractivity contribution in [2.24, 2.45) is 0 Å². The standard InChI is InChI=1S/C7H6ClNO5S.K/c1-4-2-6(9(10)11)7(3-5(4)8)15(12,13)14;/h2-3H,1H3,(H,12,13,14);/q;+1/p-1. The monoisotopic (exact) mass is 289 g/mol. The summed E-state index contributed by atoms with van der Waals surface area (Å²) < 4.78 is 32.1. The summed E-state index contributed by atoms with van der Waals surface area (Å²) in [6.45, 7) is 1.47. The first-order chi connectivity index (χ1) is 6.73. The van der Waals surface area contributed by atoms with E-state index in [2.05, 4.69) is 0 Å². The Kier molecular flexibility index (Phi) is 6.04. The van der Waals surface area contributed by atoms with Crippen molar-refractivity contribution in [1.29, 1.82) is 0 Å². The second kappa shape index (κ2) is 5.87. The molecular weight excluding hydrogens is 285 g/mol. The van der Waals surface area contributed by atoms with Crippen LogP contribution in [0.1, 0.15) is 5.56 Å². The van der Waals surface area contributed by atoms with Gasteiger partial charge in [-0.15, -0.1) is 0 Å². The number of nitro benzene ring substituents is 1. The minimum atomic E-state index is -4.89. The van der Waals surface area contributed by atoms with Crippen molar-refractivity contribution in [2.45, 2.75) is 11.8 Å². The molecule has 82 valence electrons. The third kappa shape index (κ3) is 3.74. The van der Waals surface area contributed by atoms with Gasteiger partial charge in [-0.3, -0.25) is 10.1 Å². The number of aryl methyl sites for hydroxylation is 1. The molecule has 0 aliphatic carbocycles. The van der Waals surface area contributed by atoms with Crippen LogP contribution in [0.15, 0.2) is 17.0 Å². The molecule has 1 rings (SSSR count). The van der Waals surface area contributed by atoms with Crippen molar-refractivity contribution in [2.75, 3.05) is 0 Å². The Bertz CT molecular complexity index is 530. The maximum atomic E-state index is 10.7. The van der Waals surface area contributed by atoms with Crippen LogP contribution in [0.3, 0.4) is 0 Å². The molecular formula is C7H5ClKNO5S. The van der Waals surface area contributed by atoms with Crippen molar-refractivity contribution in [3.8, 4) is 0 Å². The van der Waals surface area contributed by atoms with E-state index in [9.17, 15) is 23.1 Å². The number of nitrogens with zero attached hydrogens (tertiary/aromatic N) is 1. The number of rotatable bonds is 2. The van der Waals surface area contributed by atoms with E-state index in [4.69, 9.17) is 11.6 Å². The predicted octanol–water partition coefficient (Wildman–Crippen LogP) is -1.54. The fourth-order valence-corrected chi connectivity index (χ4v) is 1.87. The number of benzene rings is 1. The molecule has 6 nitrogen and oxygen atoms in total. The van der Waals surface area contributed by atoms with Crippen molar-refractivity contribution in [3.05, 3.63) is 32.8 Å². The van der Waals surface area contributed by atoms with Crippen LogP contribution in [0.5, 0.6) is 0 Å². The van der Waals surface area contributed by atoms with Gasteiger partial charge in [-0.05, 0) is 18.6 Å². The fourth-order valence-electron chi connectivity index (χ4n) is 0.991. The quantitative estimate of drug-likeness (QED) is 0.284. The van der Waals surface area contributed by atoms with Crippen LogP contribution in [-0.2, 0) is 10.1 Å². The van der Waals surface area contributed by atoms with Crippen molar-refractivity contribution < 1.29 is 69.3 Å². The molecule has 16 heavy (non-hydrogen) atoms. The molecule has 0 saturated carbocycles. The Labute approximate surface area is 139 Å². The third-order valence-electron chi connectivity index (χ3n) is 1.71. The smallest absolute Gasteiger partial charge is 0.744 e. The molecule has 0 N–H and O–H groups in total. The Balaban J connectivity index is 0.00000225. The first-order valence-electron chi connectivity index (χ1n) is 3.64. The van der Waals surface area contributed by atoms with Gasteiger partial charge in [-0.25, -0.2) is 8.42 Å². The molecule has 0 radical (unpaired) electrons. The molecule has 9 heteroatoms. The number of nitro groups is 1. The molecule has 0 amide bonds. The summed E-state index contributed by atoms with van der Waals surface area (Å²) in [5, 5.41) is 10.5. The number of hydrogen-bond acceptors (Lipinski definition) is 5. The van der Waals surface area contributed by atoms with Crippen molar-refractivity contribution >= 4 is 27.4 Å². The Hall–Kier alpha value is 0.456. The normalized spacial score (nSPS) is 10.7. The summed E-state index contributed by atoms with van der Waals surface area (Å²) in [7, 11) is -4.89. The van der Waals surface area contributed by atoms with Crippen LogP contribution >= 0.6 is 11.6 Å². The van der Waals surface area contributed by atoms with E-state index in [1.165, 1.54) is 6.92 Å². The van der Waals surface area contributed by atoms with Gasteiger partial charge in [0.1, 0.15) is 15.0 Å². The number of hydrogen-bond donors (Lipinski definition) is 0. The summed E-state index contributed by atoms with van der Waals surface area (Å²) in [6, 6.07) is 1.74. The zero-order valence-electron chi connectivity index (χ0n) is 8.43. The summed E-state index contributed by atoms with van der Waals surface area (Å²) in [5.41, 5.74) is -0.428. The molecule has 0 saturated heterocycles. The average molecular weight is 290 g/mol. The molecule has 0 bridgehead atoms. The predicted molar refractivity (Wildman–Crippen MR) is 50.8 cm³/mol. The van der Waals surface area contributed by atoms with Crippen molar-refractivity contribution in [3.63, 3.8) is 0 Å². The third-order valence-corrected chi connectivity index (χ3v) is 2.98. The van der Waals surface area contributed by atoms with Crippen LogP contribution in [0, 0.1) is 17.0 Å². The van der Waals surface area contributed by atoms with Gasteiger partial charge in [0.25, 0.3) is 5.69 Å². The van der Waals surface area contributed by atoms with E-state index in [0.29, 0.717) is 5.56 Å². The Morgan fingerprint density at radius 2 is 1.88 bits per heavy atom. The second-order valence-corrected chi connectivity index (χ2v) is 4.54. The van der Waals surface area contributed by atoms with Gasteiger partial charge in [-0.2, -0.15) is 0 Å². The topological polar surface area (TPSA) is 100 Å². The SMILES string of the molecule is Cc1cc([N+](=O)[O-])c(S(=O)(=O)[O-])cc1Cl.[K+]. The summed E-state index contributed by atoms with van der Waals surface area (Å²) >= 11 is 5.57. The number of halogens is 1. The maximum absolute atomic E-state index is 10.7. The summed E-state index contributed by atoms with van der Waals surface area (Å²) in [5.74, 6) is 0. The second-order valence-electron chi connectivity index (χ2n) is 2.78. The van der Waals surface area contributed by atoms with E-state index >= 15 is 0 Å². The van der Waals surface area contributed by atoms with Crippen LogP contribution in [0.25, 0.3) is 0 Å². The van der Waals surface area contributed by atoms with Gasteiger partial charge in [0.05, 0.1) is 4.92 Å². The molecule has 0 fully saturated rings. The fraction of sp³-hybridized carbons (Fsp3) is 0.143. The minimum Gasteiger partial charge on any atom is -0.744 e. The molecule has 0 unspecified atom stereocenters. The minimum absolute atomic E-state index is 0. The van der Waals surface area contributed by atoms with Crippen LogP contribution < -0.4 is 51.4 Å². The largest absolute Gasteiger partial charge is 1.00 e. The maximum Gasteiger partial charge on any atom is 1.00 e. The van der Waals surface area contributed by atoms with Gasteiger partial charge in [-0.1, -0.05) is 11.6 Å². The van der Waals surface area contributed by atoms with Crippen LogP contribution in [-0.4, -0.2) is 17.9 Å². The molecule has 0 spiro atoms. The zero-order valence-corrected chi connectivity index (χ0v) is 13.1. The molecule has 0 aliphatic rings. The molecule has 0 aliphatic heterocycles. The molecule has 0 atom stereocenters. The molecule has 1 aromatic carbocycles. The van der Waals surface area contributed by atoms with Crippen LogP contribution in [0.4, 0.5) is 5.69 Å². The Morgan fingerprint density at radius 1 is 1.38 bits per heavy atom. The van der Waals surface area contributed by atoms with Gasteiger partial charge >= 0.3 is 51.4 Å². The van der Waals surface area contributed by atoms with Gasteiger partial charge in [0, 0.05) is 11.1 Å². The van der Waals surface area contributed by atoms with Gasteiger partial charge in [0.2, 0.25) is 0 Å². The van der Waals surface area contributed by atoms with E-state index in [1.54, 1.807) is 0 Å². The first kappa shape index (κ1) is 16.5. The Morgan fingerprint density at radius 3 is 2.25 bits per heavy atom. The summed E-state index contributed by atoms with van der Waals surface area (Å²) in [6.07, 6.45) is 0. The first-order valence-corrected chi connectivity index (χ1v) is 5.42. The van der Waals surface area contributed by atoms with Gasteiger partial charge in [0.15, 0.2) is 0 Å². The molecule has 0 heterocycles. The van der Waals surface area contributed by atoms with E-state index in [-0.39, 0.29) is 56.4 Å². The summed E-state index contributed by atoms with van der Waals surface area (Å²) in [4.78, 5) is 8.64. The zero-order chi connectivity index (χ0) is 11.8. The van der Waals surface area contributed by atoms with Gasteiger partial charge < -0.3 is 4.55 Å². The average Bonchev–Trinajstić information content (AvgIpc) is 2.06. The molecule has 0 aromatic heterocycles. The van der Waals surface area contributed by atoms with E-state index < -0.39 is 25.6 Å². The van der Waals surface area contributed by atoms with E-state index in [0.717, 1.165) is 12.1 Å². The van der Waals surface area contributed by atoms with E-state index in [1.807, 2.05) is 0 Å². The molecule has 1 aromatic rings. The van der Waals surface area contributed by atoms with Crippen molar-refractivity contribution in [1.82, 2.24) is 0 Å². The van der Waals surface area contributed by atoms with Crippen LogP contribution in [0.2, 0.25) is 5.02 Å².